The van der Waals surface area contributed by atoms with Crippen LogP contribution in [0.4, 0.5) is 0 Å². The fourth-order valence-electron chi connectivity index (χ4n) is 2.90. The van der Waals surface area contributed by atoms with Crippen LogP contribution in [-0.4, -0.2) is 12.1 Å². The van der Waals surface area contributed by atoms with Crippen molar-refractivity contribution in [1.29, 1.82) is 0 Å². The summed E-state index contributed by atoms with van der Waals surface area (Å²) in [5, 5.41) is 4.15. The molecule has 0 aromatic heterocycles. The fraction of sp³-hybridized carbons (Fsp3) is 0.0833. The first-order valence-corrected chi connectivity index (χ1v) is 8.90. The summed E-state index contributed by atoms with van der Waals surface area (Å²) in [5.41, 5.74) is 6.61. The molecule has 0 fully saturated rings. The van der Waals surface area contributed by atoms with Crippen LogP contribution in [0, 0.1) is 0 Å². The van der Waals surface area contributed by atoms with Gasteiger partial charge in [-0.15, -0.1) is 0 Å². The predicted molar refractivity (Wildman–Crippen MR) is 111 cm³/mol. The van der Waals surface area contributed by atoms with Crippen LogP contribution in [0.1, 0.15) is 29.5 Å². The first-order chi connectivity index (χ1) is 13.2. The molecule has 27 heavy (non-hydrogen) atoms. The lowest BCUT2D eigenvalue weighted by atomic mass is 9.91. The molecule has 134 valence electrons. The van der Waals surface area contributed by atoms with Gasteiger partial charge in [-0.25, -0.2) is 5.43 Å². The average Bonchev–Trinajstić information content (AvgIpc) is 2.70. The third-order valence-electron chi connectivity index (χ3n) is 4.16. The molecule has 0 atom stereocenters. The highest BCUT2D eigenvalue weighted by atomic mass is 16.2. The van der Waals surface area contributed by atoms with Gasteiger partial charge in [0.2, 0.25) is 0 Å². The van der Waals surface area contributed by atoms with E-state index >= 15 is 0 Å². The minimum atomic E-state index is -0.400. The Labute approximate surface area is 160 Å². The van der Waals surface area contributed by atoms with Crippen LogP contribution < -0.4 is 5.43 Å². The quantitative estimate of drug-likeness (QED) is 0.490. The van der Waals surface area contributed by atoms with Gasteiger partial charge in [0, 0.05) is 0 Å². The van der Waals surface area contributed by atoms with Crippen LogP contribution in [0.15, 0.2) is 102 Å². The fourth-order valence-corrected chi connectivity index (χ4v) is 2.90. The Morgan fingerprint density at radius 1 is 0.815 bits per heavy atom. The van der Waals surface area contributed by atoms with Crippen molar-refractivity contribution in [2.45, 2.75) is 12.8 Å². The number of hydrogen-bond donors (Lipinski definition) is 1. The third-order valence-corrected chi connectivity index (χ3v) is 4.16. The summed E-state index contributed by atoms with van der Waals surface area (Å²) < 4.78 is 0. The van der Waals surface area contributed by atoms with Gasteiger partial charge in [-0.05, 0) is 29.2 Å². The number of benzene rings is 3. The standard InChI is InChI=1S/C24H22N2O/c1-19(17-20-11-5-2-6-12-20)18-25-26-24(27)23(21-13-7-3-8-14-21)22-15-9-4-10-16-22/h2-18,23H,1H3,(H,26,27). The molecule has 0 aliphatic rings. The molecule has 0 saturated heterocycles. The number of amides is 1. The minimum Gasteiger partial charge on any atom is -0.272 e. The van der Waals surface area contributed by atoms with Gasteiger partial charge in [-0.2, -0.15) is 5.10 Å². The second kappa shape index (κ2) is 9.30. The molecule has 0 heterocycles. The minimum absolute atomic E-state index is 0.156. The molecule has 3 heteroatoms. The zero-order valence-corrected chi connectivity index (χ0v) is 15.2. The number of allylic oxidation sites excluding steroid dienone is 1. The van der Waals surface area contributed by atoms with Crippen molar-refractivity contribution in [2.75, 3.05) is 0 Å². The van der Waals surface area contributed by atoms with Gasteiger partial charge in [0.15, 0.2) is 0 Å². The van der Waals surface area contributed by atoms with E-state index in [1.54, 1.807) is 6.21 Å². The monoisotopic (exact) mass is 354 g/mol. The third kappa shape index (κ3) is 5.25. The van der Waals surface area contributed by atoms with E-state index in [4.69, 9.17) is 0 Å². The van der Waals surface area contributed by atoms with Crippen LogP contribution in [0.2, 0.25) is 0 Å². The van der Waals surface area contributed by atoms with Crippen molar-refractivity contribution in [3.8, 4) is 0 Å². The van der Waals surface area contributed by atoms with Crippen LogP contribution in [-0.2, 0) is 4.79 Å². The summed E-state index contributed by atoms with van der Waals surface area (Å²) in [4.78, 5) is 12.8. The maximum absolute atomic E-state index is 12.8. The topological polar surface area (TPSA) is 41.5 Å². The molecule has 3 aromatic rings. The van der Waals surface area contributed by atoms with Crippen molar-refractivity contribution in [2.24, 2.45) is 5.10 Å². The first-order valence-electron chi connectivity index (χ1n) is 8.90. The molecule has 3 aromatic carbocycles. The van der Waals surface area contributed by atoms with E-state index in [1.807, 2.05) is 104 Å². The Hall–Kier alpha value is -3.46. The highest BCUT2D eigenvalue weighted by Gasteiger charge is 2.22. The van der Waals surface area contributed by atoms with Gasteiger partial charge >= 0.3 is 0 Å². The van der Waals surface area contributed by atoms with Crippen molar-refractivity contribution in [3.63, 3.8) is 0 Å². The largest absolute Gasteiger partial charge is 0.272 e. The molecule has 0 saturated carbocycles. The van der Waals surface area contributed by atoms with E-state index in [-0.39, 0.29) is 5.91 Å². The lowest BCUT2D eigenvalue weighted by Gasteiger charge is -2.16. The number of rotatable bonds is 6. The SMILES string of the molecule is CC(C=NNC(=O)C(c1ccccc1)c1ccccc1)=Cc1ccccc1. The average molecular weight is 354 g/mol. The molecule has 3 nitrogen and oxygen atoms in total. The summed E-state index contributed by atoms with van der Waals surface area (Å²) in [6.45, 7) is 1.95. The first kappa shape index (κ1) is 18.3. The van der Waals surface area contributed by atoms with Crippen LogP contribution >= 0.6 is 0 Å². The van der Waals surface area contributed by atoms with Crippen molar-refractivity contribution in [1.82, 2.24) is 5.43 Å². The van der Waals surface area contributed by atoms with Gasteiger partial charge in [-0.3, -0.25) is 4.79 Å². The zero-order chi connectivity index (χ0) is 18.9. The van der Waals surface area contributed by atoms with E-state index in [0.717, 1.165) is 22.3 Å². The van der Waals surface area contributed by atoms with Crippen molar-refractivity contribution in [3.05, 3.63) is 113 Å². The van der Waals surface area contributed by atoms with E-state index in [9.17, 15) is 4.79 Å². The maximum Gasteiger partial charge on any atom is 0.252 e. The lowest BCUT2D eigenvalue weighted by Crippen LogP contribution is -2.26. The molecule has 0 aliphatic heterocycles. The van der Waals surface area contributed by atoms with E-state index in [1.165, 1.54) is 0 Å². The molecule has 0 bridgehead atoms. The number of carbonyl (C=O) groups is 1. The Morgan fingerprint density at radius 2 is 1.30 bits per heavy atom. The Kier molecular flexibility index (Phi) is 6.31. The van der Waals surface area contributed by atoms with Crippen molar-refractivity contribution >= 4 is 18.2 Å². The summed E-state index contributed by atoms with van der Waals surface area (Å²) in [7, 11) is 0. The number of carbonyl (C=O) groups excluding carboxylic acids is 1. The smallest absolute Gasteiger partial charge is 0.252 e. The molecular formula is C24H22N2O. The van der Waals surface area contributed by atoms with Crippen LogP contribution in [0.25, 0.3) is 6.08 Å². The molecule has 3 rings (SSSR count). The summed E-state index contributed by atoms with van der Waals surface area (Å²) in [6, 6.07) is 29.5. The number of hydrazone groups is 1. The van der Waals surface area contributed by atoms with E-state index in [0.29, 0.717) is 0 Å². The highest BCUT2D eigenvalue weighted by molar-refractivity contribution is 5.89. The van der Waals surface area contributed by atoms with E-state index in [2.05, 4.69) is 10.5 Å². The van der Waals surface area contributed by atoms with Gasteiger partial charge in [-0.1, -0.05) is 97.1 Å². The predicted octanol–water partition coefficient (Wildman–Crippen LogP) is 5.02. The summed E-state index contributed by atoms with van der Waals surface area (Å²) in [5.74, 6) is -0.556. The lowest BCUT2D eigenvalue weighted by molar-refractivity contribution is -0.121. The number of hydrogen-bond acceptors (Lipinski definition) is 2. The molecule has 0 aliphatic carbocycles. The number of nitrogens with zero attached hydrogens (tertiary/aromatic N) is 1. The Balaban J connectivity index is 1.74. The molecule has 1 N–H and O–H groups in total. The second-order valence-electron chi connectivity index (χ2n) is 6.29. The molecule has 0 spiro atoms. The second-order valence-corrected chi connectivity index (χ2v) is 6.29. The Morgan fingerprint density at radius 3 is 1.81 bits per heavy atom. The zero-order valence-electron chi connectivity index (χ0n) is 15.2. The molecule has 0 radical (unpaired) electrons. The summed E-state index contributed by atoms with van der Waals surface area (Å²) >= 11 is 0. The molecular weight excluding hydrogens is 332 g/mol. The maximum atomic E-state index is 12.8. The Bertz CT molecular complexity index is 877. The van der Waals surface area contributed by atoms with Gasteiger partial charge in [0.1, 0.15) is 0 Å². The van der Waals surface area contributed by atoms with Gasteiger partial charge in [0.25, 0.3) is 5.91 Å². The molecule has 1 amide bonds. The van der Waals surface area contributed by atoms with E-state index < -0.39 is 5.92 Å². The van der Waals surface area contributed by atoms with Gasteiger partial charge < -0.3 is 0 Å². The normalized spacial score (nSPS) is 11.7. The number of nitrogens with one attached hydrogen (secondary N) is 1. The summed E-state index contributed by atoms with van der Waals surface area (Å²) in [6.07, 6.45) is 3.68. The van der Waals surface area contributed by atoms with Crippen LogP contribution in [0.3, 0.4) is 0 Å². The molecule has 0 unspecified atom stereocenters. The van der Waals surface area contributed by atoms with Crippen molar-refractivity contribution < 1.29 is 4.79 Å². The van der Waals surface area contributed by atoms with Gasteiger partial charge in [0.05, 0.1) is 12.1 Å². The highest BCUT2D eigenvalue weighted by Crippen LogP contribution is 2.24. The van der Waals surface area contributed by atoms with Crippen LogP contribution in [0.5, 0.6) is 0 Å².